The molecule has 12 rings (SSSR count). The molecule has 49 heavy (non-hydrogen) atoms. The summed E-state index contributed by atoms with van der Waals surface area (Å²) in [4.78, 5) is 19.5. The van der Waals surface area contributed by atoms with Gasteiger partial charge in [-0.2, -0.15) is 0 Å². The minimum atomic E-state index is 0. The molecule has 6 aromatic heterocycles. The number of hydrogen-bond donors (Lipinski definition) is 0. The van der Waals surface area contributed by atoms with Crippen LogP contribution in [0.1, 0.15) is 0 Å². The Bertz CT molecular complexity index is 3040. The van der Waals surface area contributed by atoms with Crippen LogP contribution in [-0.2, 0) is 20.1 Å². The molecule has 6 aromatic carbocycles. The molecule has 0 fully saturated rings. The second kappa shape index (κ2) is 10.4. The third-order valence-electron chi connectivity index (χ3n) is 9.29. The summed E-state index contributed by atoms with van der Waals surface area (Å²) in [6.07, 6.45) is 0. The van der Waals surface area contributed by atoms with Crippen molar-refractivity contribution in [2.75, 3.05) is 0 Å². The predicted molar refractivity (Wildman–Crippen MR) is 192 cm³/mol. The van der Waals surface area contributed by atoms with E-state index in [1.54, 1.807) is 0 Å². The van der Waals surface area contributed by atoms with Crippen LogP contribution in [0.4, 0.5) is 0 Å². The molecule has 0 aliphatic carbocycles. The van der Waals surface area contributed by atoms with Crippen LogP contribution in [0.2, 0.25) is 0 Å². The van der Waals surface area contributed by atoms with Crippen LogP contribution in [0.25, 0.3) is 88.8 Å². The van der Waals surface area contributed by atoms with E-state index in [9.17, 15) is 0 Å². The zero-order chi connectivity index (χ0) is 31.3. The van der Waals surface area contributed by atoms with E-state index in [1.807, 2.05) is 66.7 Å². The average Bonchev–Trinajstić information content (AvgIpc) is 3.92. The Balaban J connectivity index is 0.000000122. The summed E-state index contributed by atoms with van der Waals surface area (Å²) < 4.78 is 8.72. The number of hydrogen-bond acceptors (Lipinski definition) is 4. The Hall–Kier alpha value is -6.15. The molecular formula is C40H23IrN8-. The van der Waals surface area contributed by atoms with E-state index in [2.05, 4.69) is 96.5 Å². The standard InChI is InChI=1S/C20H12N4.C20H11N4.Ir/c2*1-4-10-16-13(7-1)19-21-14-8-2-6-12-18(14)24(19)20-22-15-9-3-5-11-17(15)23(16)20;/h1-12H;1-6,8-12H;/q;-1;. The van der Waals surface area contributed by atoms with Crippen LogP contribution in [0.15, 0.2) is 140 Å². The fraction of sp³-hybridized carbons (Fsp3) is 0. The number of nitrogens with zero attached hydrogens (tertiary/aromatic N) is 8. The Labute approximate surface area is 290 Å². The van der Waals surface area contributed by atoms with Crippen molar-refractivity contribution in [2.24, 2.45) is 0 Å². The zero-order valence-corrected chi connectivity index (χ0v) is 28.1. The number of fused-ring (bicyclic) bond motifs is 20. The molecule has 8 nitrogen and oxygen atoms in total. The Morgan fingerprint density at radius 2 is 0.776 bits per heavy atom. The summed E-state index contributed by atoms with van der Waals surface area (Å²) in [5, 5.41) is 2.13. The first-order valence-electron chi connectivity index (χ1n) is 15.9. The summed E-state index contributed by atoms with van der Waals surface area (Å²) in [7, 11) is 0. The van der Waals surface area contributed by atoms with E-state index in [0.29, 0.717) is 0 Å². The first-order chi connectivity index (χ1) is 23.8. The van der Waals surface area contributed by atoms with Gasteiger partial charge in [0.1, 0.15) is 5.65 Å². The molecule has 0 saturated carbocycles. The molecule has 6 heterocycles. The Morgan fingerprint density at radius 1 is 0.367 bits per heavy atom. The van der Waals surface area contributed by atoms with Gasteiger partial charge in [0, 0.05) is 25.5 Å². The fourth-order valence-electron chi connectivity index (χ4n) is 7.26. The van der Waals surface area contributed by atoms with Crippen molar-refractivity contribution in [3.05, 3.63) is 146 Å². The van der Waals surface area contributed by atoms with Crippen LogP contribution >= 0.6 is 0 Å². The van der Waals surface area contributed by atoms with Crippen molar-refractivity contribution in [3.8, 4) is 0 Å². The van der Waals surface area contributed by atoms with Crippen LogP contribution in [0, 0.1) is 6.07 Å². The quantitative estimate of drug-likeness (QED) is 0.144. The van der Waals surface area contributed by atoms with Gasteiger partial charge in [-0.25, -0.2) is 15.0 Å². The van der Waals surface area contributed by atoms with Crippen molar-refractivity contribution in [2.45, 2.75) is 0 Å². The molecule has 0 unspecified atom stereocenters. The van der Waals surface area contributed by atoms with Gasteiger partial charge < -0.3 is 8.80 Å². The summed E-state index contributed by atoms with van der Waals surface area (Å²) in [5.74, 6) is 1.78. The number of benzene rings is 6. The predicted octanol–water partition coefficient (Wildman–Crippen LogP) is 8.68. The van der Waals surface area contributed by atoms with Gasteiger partial charge in [0.05, 0.1) is 55.3 Å². The first-order valence-corrected chi connectivity index (χ1v) is 15.9. The van der Waals surface area contributed by atoms with Gasteiger partial charge in [-0.3, -0.25) is 13.8 Å². The maximum absolute atomic E-state index is 4.90. The van der Waals surface area contributed by atoms with E-state index in [-0.39, 0.29) is 20.1 Å². The Kier molecular flexibility index (Phi) is 5.94. The van der Waals surface area contributed by atoms with Gasteiger partial charge in [0.2, 0.25) is 11.6 Å². The van der Waals surface area contributed by atoms with E-state index in [4.69, 9.17) is 19.9 Å². The molecule has 0 bridgehead atoms. The fourth-order valence-corrected chi connectivity index (χ4v) is 7.26. The van der Waals surface area contributed by atoms with E-state index >= 15 is 0 Å². The van der Waals surface area contributed by atoms with Gasteiger partial charge in [0.25, 0.3) is 0 Å². The molecule has 233 valence electrons. The molecule has 0 N–H and O–H groups in total. The molecular weight excluding hydrogens is 785 g/mol. The number of imidazole rings is 4. The SMILES string of the molecule is [Ir].[c-]1cccc2c1c1nc3ccccc3n1c1nc3ccccc3n21.c1ccc2c(c1)nc1n2c2ccccc2c2nc3ccccc3n21. The van der Waals surface area contributed by atoms with Crippen LogP contribution in [0.3, 0.4) is 0 Å². The molecule has 0 saturated heterocycles. The summed E-state index contributed by atoms with van der Waals surface area (Å²) in [6.45, 7) is 0. The average molecular weight is 808 g/mol. The topological polar surface area (TPSA) is 69.2 Å². The maximum atomic E-state index is 4.90. The number of aromatic nitrogens is 8. The molecule has 0 aliphatic rings. The van der Waals surface area contributed by atoms with E-state index in [1.165, 1.54) is 0 Å². The van der Waals surface area contributed by atoms with Gasteiger partial charge in [-0.1, -0.05) is 66.0 Å². The Morgan fingerprint density at radius 3 is 1.37 bits per heavy atom. The minimum Gasteiger partial charge on any atom is -0.320 e. The third kappa shape index (κ3) is 3.82. The maximum Gasteiger partial charge on any atom is 0.221 e. The second-order valence-electron chi connectivity index (χ2n) is 11.9. The summed E-state index contributed by atoms with van der Waals surface area (Å²) in [6, 6.07) is 50.7. The largest absolute Gasteiger partial charge is 0.320 e. The van der Waals surface area contributed by atoms with Gasteiger partial charge in [-0.15, -0.1) is 24.3 Å². The van der Waals surface area contributed by atoms with E-state index < -0.39 is 0 Å². The van der Waals surface area contributed by atoms with Crippen LogP contribution in [-0.4, -0.2) is 37.5 Å². The monoisotopic (exact) mass is 808 g/mol. The summed E-state index contributed by atoms with van der Waals surface area (Å²) >= 11 is 0. The van der Waals surface area contributed by atoms with E-state index in [0.717, 1.165) is 88.8 Å². The van der Waals surface area contributed by atoms with Crippen molar-refractivity contribution in [1.29, 1.82) is 0 Å². The van der Waals surface area contributed by atoms with Gasteiger partial charge in [-0.05, 0) is 66.2 Å². The molecule has 0 atom stereocenters. The number of para-hydroxylation sites is 9. The molecule has 9 heteroatoms. The van der Waals surface area contributed by atoms with Crippen molar-refractivity contribution in [1.82, 2.24) is 37.5 Å². The van der Waals surface area contributed by atoms with Crippen molar-refractivity contribution >= 4 is 88.8 Å². The number of rotatable bonds is 0. The van der Waals surface area contributed by atoms with Crippen molar-refractivity contribution in [3.63, 3.8) is 0 Å². The van der Waals surface area contributed by atoms with Crippen LogP contribution in [0.5, 0.6) is 0 Å². The normalized spacial score (nSPS) is 11.9. The second-order valence-corrected chi connectivity index (χ2v) is 11.9. The molecule has 0 spiro atoms. The third-order valence-corrected chi connectivity index (χ3v) is 9.29. The van der Waals surface area contributed by atoms with Gasteiger partial charge >= 0.3 is 0 Å². The van der Waals surface area contributed by atoms with Gasteiger partial charge in [0.15, 0.2) is 0 Å². The molecule has 12 aromatic rings. The molecule has 0 amide bonds. The molecule has 0 aliphatic heterocycles. The zero-order valence-electron chi connectivity index (χ0n) is 25.7. The van der Waals surface area contributed by atoms with Crippen molar-refractivity contribution < 1.29 is 20.1 Å². The van der Waals surface area contributed by atoms with Crippen LogP contribution < -0.4 is 0 Å². The smallest absolute Gasteiger partial charge is 0.221 e. The summed E-state index contributed by atoms with van der Waals surface area (Å²) in [5.41, 5.74) is 12.3. The molecule has 1 radical (unpaired) electrons. The minimum absolute atomic E-state index is 0. The first kappa shape index (κ1) is 27.9.